The van der Waals surface area contributed by atoms with E-state index in [2.05, 4.69) is 10.1 Å². The third kappa shape index (κ3) is 3.61. The molecule has 0 bridgehead atoms. The van der Waals surface area contributed by atoms with Gasteiger partial charge in [0.1, 0.15) is 0 Å². The van der Waals surface area contributed by atoms with Gasteiger partial charge in [-0.25, -0.2) is 18.0 Å². The third-order valence-electron chi connectivity index (χ3n) is 4.70. The first-order valence-corrected chi connectivity index (χ1v) is 10.6. The van der Waals surface area contributed by atoms with E-state index in [0.29, 0.717) is 11.0 Å². The van der Waals surface area contributed by atoms with Crippen molar-refractivity contribution in [3.05, 3.63) is 52.4 Å². The van der Waals surface area contributed by atoms with Gasteiger partial charge in [-0.1, -0.05) is 17.7 Å². The van der Waals surface area contributed by atoms with Gasteiger partial charge in [-0.15, -0.1) is 0 Å². The van der Waals surface area contributed by atoms with Crippen LogP contribution in [0.1, 0.15) is 12.5 Å². The molecule has 0 radical (unpaired) electrons. The lowest BCUT2D eigenvalue weighted by Gasteiger charge is -2.13. The quantitative estimate of drug-likeness (QED) is 0.495. The summed E-state index contributed by atoms with van der Waals surface area (Å²) in [7, 11) is -1.03. The minimum absolute atomic E-state index is 0.00695. The Hall–Kier alpha value is -3.40. The summed E-state index contributed by atoms with van der Waals surface area (Å²) >= 11 is 0. The van der Waals surface area contributed by atoms with Gasteiger partial charge in [-0.2, -0.15) is 0 Å². The number of carbonyl (C=O) groups excluding carboxylic acids is 2. The summed E-state index contributed by atoms with van der Waals surface area (Å²) in [6.45, 7) is 3.37. The van der Waals surface area contributed by atoms with Crippen LogP contribution in [0, 0.1) is 6.92 Å². The molecule has 158 valence electrons. The van der Waals surface area contributed by atoms with Gasteiger partial charge in [-0.05, 0) is 38.1 Å². The average molecular weight is 431 g/mol. The van der Waals surface area contributed by atoms with E-state index in [1.54, 1.807) is 19.1 Å². The lowest BCUT2D eigenvalue weighted by Crippen LogP contribution is -2.26. The predicted molar refractivity (Wildman–Crippen MR) is 110 cm³/mol. The molecule has 0 aliphatic heterocycles. The number of sulfone groups is 1. The molecule has 0 fully saturated rings. The van der Waals surface area contributed by atoms with Crippen LogP contribution in [0.4, 0.5) is 5.69 Å². The molecule has 0 atom stereocenters. The van der Waals surface area contributed by atoms with E-state index >= 15 is 0 Å². The number of hydrogen-bond donors (Lipinski definition) is 1. The molecule has 1 N–H and O–H groups in total. The van der Waals surface area contributed by atoms with Gasteiger partial charge in [0.15, 0.2) is 0 Å². The minimum atomic E-state index is -4.07. The van der Waals surface area contributed by atoms with Crippen LogP contribution in [-0.4, -0.2) is 36.0 Å². The van der Waals surface area contributed by atoms with Crippen molar-refractivity contribution in [1.29, 1.82) is 0 Å². The fourth-order valence-corrected chi connectivity index (χ4v) is 4.48. The highest BCUT2D eigenvalue weighted by Crippen LogP contribution is 2.32. The summed E-state index contributed by atoms with van der Waals surface area (Å²) in [5, 5.41) is 2.31. The van der Waals surface area contributed by atoms with Crippen LogP contribution in [0.25, 0.3) is 11.0 Å². The minimum Gasteiger partial charge on any atom is -0.459 e. The Bertz CT molecular complexity index is 1320. The van der Waals surface area contributed by atoms with Crippen LogP contribution in [0.2, 0.25) is 0 Å². The molecule has 30 heavy (non-hydrogen) atoms. The summed E-state index contributed by atoms with van der Waals surface area (Å²) in [6.07, 6.45) is 0. The van der Waals surface area contributed by atoms with E-state index in [1.807, 2.05) is 6.92 Å². The zero-order valence-electron chi connectivity index (χ0n) is 16.9. The van der Waals surface area contributed by atoms with Crippen molar-refractivity contribution >= 4 is 38.4 Å². The molecule has 0 aliphatic rings. The molecule has 0 unspecified atom stereocenters. The number of nitrogens with zero attached hydrogens (tertiary/aromatic N) is 2. The molecular weight excluding hydrogens is 410 g/mol. The second-order valence-corrected chi connectivity index (χ2v) is 8.65. The number of benzene rings is 2. The van der Waals surface area contributed by atoms with Crippen LogP contribution < -0.4 is 11.0 Å². The first-order valence-electron chi connectivity index (χ1n) is 9.07. The molecule has 1 heterocycles. The number of aromatic nitrogens is 2. The summed E-state index contributed by atoms with van der Waals surface area (Å²) < 4.78 is 34.0. The van der Waals surface area contributed by atoms with Crippen molar-refractivity contribution in [3.63, 3.8) is 0 Å². The number of esters is 1. The molecule has 2 aromatic carbocycles. The Morgan fingerprint density at radius 2 is 1.60 bits per heavy atom. The summed E-state index contributed by atoms with van der Waals surface area (Å²) in [5.41, 5.74) is 1.15. The number of rotatable bonds is 4. The van der Waals surface area contributed by atoms with E-state index in [4.69, 9.17) is 0 Å². The highest BCUT2D eigenvalue weighted by molar-refractivity contribution is 7.91. The van der Waals surface area contributed by atoms with E-state index in [9.17, 15) is 22.8 Å². The van der Waals surface area contributed by atoms with Crippen LogP contribution in [0.15, 0.2) is 51.0 Å². The molecule has 3 aromatic rings. The number of ether oxygens (including phenoxy) is 1. The zero-order chi connectivity index (χ0) is 22.2. The Labute approximate surface area is 172 Å². The normalized spacial score (nSPS) is 11.5. The maximum atomic E-state index is 13.3. The number of aryl methyl sites for hydroxylation is 3. The Balaban J connectivity index is 2.26. The predicted octanol–water partition coefficient (Wildman–Crippen LogP) is 1.52. The molecule has 10 heteroatoms. The van der Waals surface area contributed by atoms with Gasteiger partial charge >= 0.3 is 17.6 Å². The Morgan fingerprint density at radius 3 is 2.17 bits per heavy atom. The average Bonchev–Trinajstić information content (AvgIpc) is 2.91. The zero-order valence-corrected chi connectivity index (χ0v) is 17.7. The first-order chi connectivity index (χ1) is 14.1. The SMILES string of the molecule is CCOC(=O)C(=O)Nc1cc2c(cc1S(=O)(=O)c1ccc(C)cc1)n(C)c(=O)n2C. The highest BCUT2D eigenvalue weighted by atomic mass is 32.2. The van der Waals surface area contributed by atoms with E-state index in [1.165, 1.54) is 47.5 Å². The lowest BCUT2D eigenvalue weighted by molar-refractivity contribution is -0.152. The number of carbonyl (C=O) groups is 2. The van der Waals surface area contributed by atoms with Gasteiger partial charge in [0.25, 0.3) is 0 Å². The number of anilines is 1. The van der Waals surface area contributed by atoms with Crippen molar-refractivity contribution in [2.75, 3.05) is 11.9 Å². The Kier molecular flexibility index (Phi) is 5.53. The van der Waals surface area contributed by atoms with Crippen LogP contribution in [0.3, 0.4) is 0 Å². The monoisotopic (exact) mass is 431 g/mol. The van der Waals surface area contributed by atoms with Gasteiger partial charge in [0, 0.05) is 14.1 Å². The Morgan fingerprint density at radius 1 is 1.03 bits per heavy atom. The van der Waals surface area contributed by atoms with Crippen LogP contribution >= 0.6 is 0 Å². The van der Waals surface area contributed by atoms with Crippen molar-refractivity contribution in [3.8, 4) is 0 Å². The molecule has 0 saturated carbocycles. The maximum Gasteiger partial charge on any atom is 0.397 e. The number of amides is 1. The maximum absolute atomic E-state index is 13.3. The van der Waals surface area contributed by atoms with Crippen molar-refractivity contribution in [2.45, 2.75) is 23.6 Å². The summed E-state index contributed by atoms with van der Waals surface area (Å²) in [6, 6.07) is 8.88. The van der Waals surface area contributed by atoms with Gasteiger partial charge < -0.3 is 10.1 Å². The molecule has 0 saturated heterocycles. The van der Waals surface area contributed by atoms with Crippen molar-refractivity contribution in [1.82, 2.24) is 9.13 Å². The standard InChI is InChI=1S/C20H21N3O6S/c1-5-29-19(25)18(24)21-14-10-15-16(23(4)20(26)22(15)3)11-17(14)30(27,28)13-8-6-12(2)7-9-13/h6-11H,5H2,1-4H3,(H,21,24). The molecule has 1 aromatic heterocycles. The second-order valence-electron chi connectivity index (χ2n) is 6.73. The van der Waals surface area contributed by atoms with Crippen LogP contribution in [-0.2, 0) is 38.3 Å². The molecule has 3 rings (SSSR count). The van der Waals surface area contributed by atoms with Gasteiger partial charge in [-0.3, -0.25) is 13.9 Å². The topological polar surface area (TPSA) is 116 Å². The number of nitrogens with one attached hydrogen (secondary N) is 1. The smallest absolute Gasteiger partial charge is 0.397 e. The number of imidazole rings is 1. The summed E-state index contributed by atoms with van der Waals surface area (Å²) in [4.78, 5) is 36.0. The first kappa shape index (κ1) is 21.3. The second kappa shape index (κ2) is 7.79. The number of fused-ring (bicyclic) bond motifs is 1. The van der Waals surface area contributed by atoms with Crippen LogP contribution in [0.5, 0.6) is 0 Å². The largest absolute Gasteiger partial charge is 0.459 e. The fraction of sp³-hybridized carbons (Fsp3) is 0.250. The lowest BCUT2D eigenvalue weighted by atomic mass is 10.2. The molecule has 0 aliphatic carbocycles. The molecule has 9 nitrogen and oxygen atoms in total. The highest BCUT2D eigenvalue weighted by Gasteiger charge is 2.26. The van der Waals surface area contributed by atoms with E-state index in [-0.39, 0.29) is 27.8 Å². The van der Waals surface area contributed by atoms with Crippen molar-refractivity contribution in [2.24, 2.45) is 14.1 Å². The van der Waals surface area contributed by atoms with E-state index in [0.717, 1.165) is 5.56 Å². The third-order valence-corrected chi connectivity index (χ3v) is 6.51. The molecule has 0 spiro atoms. The van der Waals surface area contributed by atoms with Crippen molar-refractivity contribution < 1.29 is 22.7 Å². The van der Waals surface area contributed by atoms with E-state index < -0.39 is 21.7 Å². The number of hydrogen-bond acceptors (Lipinski definition) is 6. The summed E-state index contributed by atoms with van der Waals surface area (Å²) in [5.74, 6) is -2.25. The van der Waals surface area contributed by atoms with Gasteiger partial charge in [0.2, 0.25) is 9.84 Å². The molecule has 1 amide bonds. The fourth-order valence-electron chi connectivity index (χ4n) is 3.06. The van der Waals surface area contributed by atoms with Gasteiger partial charge in [0.05, 0.1) is 33.1 Å². The molecular formula is C20H21N3O6S.